The molecule has 0 bridgehead atoms. The normalized spacial score (nSPS) is 10.7. The van der Waals surface area contributed by atoms with E-state index in [9.17, 15) is 4.79 Å². The average molecular weight is 351 g/mol. The van der Waals surface area contributed by atoms with E-state index in [2.05, 4.69) is 15.6 Å². The smallest absolute Gasteiger partial charge is 0.249 e. The Morgan fingerprint density at radius 1 is 1.04 bits per heavy atom. The molecule has 26 heavy (non-hydrogen) atoms. The van der Waals surface area contributed by atoms with Gasteiger partial charge in [-0.2, -0.15) is 0 Å². The number of amides is 1. The number of carbonyl (C=O) groups excluding carboxylic acids is 1. The summed E-state index contributed by atoms with van der Waals surface area (Å²) < 4.78 is 15.3. The second kappa shape index (κ2) is 7.98. The van der Waals surface area contributed by atoms with E-state index in [4.69, 9.17) is 14.1 Å². The zero-order valence-electron chi connectivity index (χ0n) is 14.3. The largest absolute Gasteiger partial charge is 0.493 e. The van der Waals surface area contributed by atoms with Crippen molar-refractivity contribution in [1.82, 2.24) is 10.3 Å². The molecular weight excluding hydrogens is 334 g/mol. The molecule has 1 amide bonds. The first-order chi connectivity index (χ1) is 12.7. The minimum atomic E-state index is -0.341. The van der Waals surface area contributed by atoms with Crippen LogP contribution < -0.4 is 14.8 Å². The molecule has 1 N–H and O–H groups in total. The molecule has 3 aromatic rings. The van der Waals surface area contributed by atoms with Gasteiger partial charge in [0.2, 0.25) is 11.7 Å². The Morgan fingerprint density at radius 2 is 1.81 bits per heavy atom. The van der Waals surface area contributed by atoms with Crippen LogP contribution >= 0.6 is 0 Å². The molecule has 0 aliphatic rings. The van der Waals surface area contributed by atoms with Crippen LogP contribution in [0.15, 0.2) is 59.2 Å². The monoisotopic (exact) mass is 351 g/mol. The van der Waals surface area contributed by atoms with Crippen molar-refractivity contribution in [2.24, 2.45) is 0 Å². The molecule has 0 radical (unpaired) electrons. The number of carbonyl (C=O) groups is 1. The van der Waals surface area contributed by atoms with Crippen LogP contribution in [0.1, 0.15) is 5.56 Å². The Kier molecular flexibility index (Phi) is 5.28. The van der Waals surface area contributed by atoms with Gasteiger partial charge >= 0.3 is 0 Å². The molecule has 0 aliphatic heterocycles. The third kappa shape index (κ3) is 3.89. The maximum Gasteiger partial charge on any atom is 0.249 e. The molecule has 1 aromatic heterocycles. The maximum absolute atomic E-state index is 12.1. The number of nitrogens with one attached hydrogen (secondary N) is 1. The third-order valence-corrected chi connectivity index (χ3v) is 3.61. The first-order valence-electron chi connectivity index (χ1n) is 7.80. The maximum atomic E-state index is 12.1. The van der Waals surface area contributed by atoms with Crippen molar-refractivity contribution in [2.75, 3.05) is 19.5 Å². The quantitative estimate of drug-likeness (QED) is 0.685. The summed E-state index contributed by atoms with van der Waals surface area (Å²) in [4.78, 5) is 12.1. The number of anilines is 1. The standard InChI is InChI=1S/C19H17N3O4/c1-24-15-10-9-14(12-16(15)25-2)18-19(22-26-21-18)20-17(23)11-8-13-6-4-3-5-7-13/h3-12H,1-2H3,(H,20,22,23). The van der Waals surface area contributed by atoms with Crippen molar-refractivity contribution in [3.05, 3.63) is 60.2 Å². The fourth-order valence-electron chi connectivity index (χ4n) is 2.34. The van der Waals surface area contributed by atoms with Gasteiger partial charge in [0, 0.05) is 11.6 Å². The Balaban J connectivity index is 1.78. The summed E-state index contributed by atoms with van der Waals surface area (Å²) in [5.74, 6) is 1.00. The van der Waals surface area contributed by atoms with Gasteiger partial charge in [0.1, 0.15) is 0 Å². The van der Waals surface area contributed by atoms with E-state index in [0.717, 1.165) is 5.56 Å². The van der Waals surface area contributed by atoms with Gasteiger partial charge in [-0.3, -0.25) is 4.79 Å². The summed E-state index contributed by atoms with van der Waals surface area (Å²) in [6, 6.07) is 14.7. The molecule has 0 fully saturated rings. The van der Waals surface area contributed by atoms with Gasteiger partial charge in [-0.15, -0.1) is 0 Å². The van der Waals surface area contributed by atoms with Crippen LogP contribution in [0.25, 0.3) is 17.3 Å². The van der Waals surface area contributed by atoms with E-state index in [-0.39, 0.29) is 11.7 Å². The van der Waals surface area contributed by atoms with E-state index < -0.39 is 0 Å². The number of nitrogens with zero attached hydrogens (tertiary/aromatic N) is 2. The number of benzene rings is 2. The SMILES string of the molecule is COc1ccc(-c2nonc2NC(=O)C=Cc2ccccc2)cc1OC. The van der Waals surface area contributed by atoms with Gasteiger partial charge in [-0.1, -0.05) is 30.3 Å². The molecule has 0 saturated heterocycles. The van der Waals surface area contributed by atoms with Gasteiger partial charge in [-0.05, 0) is 40.2 Å². The second-order valence-electron chi connectivity index (χ2n) is 5.26. The van der Waals surface area contributed by atoms with Crippen LogP contribution in [0.3, 0.4) is 0 Å². The summed E-state index contributed by atoms with van der Waals surface area (Å²) in [5, 5.41) is 10.3. The van der Waals surface area contributed by atoms with Gasteiger partial charge in [-0.25, -0.2) is 4.63 Å². The highest BCUT2D eigenvalue weighted by atomic mass is 16.6. The highest BCUT2D eigenvalue weighted by Gasteiger charge is 2.16. The molecule has 2 aromatic carbocycles. The van der Waals surface area contributed by atoms with Crippen molar-refractivity contribution >= 4 is 17.8 Å². The van der Waals surface area contributed by atoms with Gasteiger partial charge < -0.3 is 14.8 Å². The number of ether oxygens (including phenoxy) is 2. The van der Waals surface area contributed by atoms with Crippen LogP contribution in [0.2, 0.25) is 0 Å². The van der Waals surface area contributed by atoms with Gasteiger partial charge in [0.15, 0.2) is 17.2 Å². The van der Waals surface area contributed by atoms with E-state index in [1.165, 1.54) is 6.08 Å². The minimum Gasteiger partial charge on any atom is -0.493 e. The number of hydrogen-bond donors (Lipinski definition) is 1. The molecule has 0 aliphatic carbocycles. The van der Waals surface area contributed by atoms with E-state index in [1.54, 1.807) is 38.5 Å². The Hall–Kier alpha value is -3.61. The van der Waals surface area contributed by atoms with Crippen LogP contribution in [0.4, 0.5) is 5.82 Å². The fraction of sp³-hybridized carbons (Fsp3) is 0.105. The molecule has 0 atom stereocenters. The lowest BCUT2D eigenvalue weighted by atomic mass is 10.1. The predicted molar refractivity (Wildman–Crippen MR) is 96.9 cm³/mol. The number of hydrogen-bond acceptors (Lipinski definition) is 6. The molecule has 0 unspecified atom stereocenters. The molecule has 1 heterocycles. The van der Waals surface area contributed by atoms with Crippen molar-refractivity contribution in [3.8, 4) is 22.8 Å². The summed E-state index contributed by atoms with van der Waals surface area (Å²) in [7, 11) is 3.10. The van der Waals surface area contributed by atoms with Crippen molar-refractivity contribution in [1.29, 1.82) is 0 Å². The topological polar surface area (TPSA) is 86.5 Å². The lowest BCUT2D eigenvalue weighted by Crippen LogP contribution is -2.09. The number of aromatic nitrogens is 2. The zero-order valence-corrected chi connectivity index (χ0v) is 14.3. The van der Waals surface area contributed by atoms with Crippen molar-refractivity contribution in [3.63, 3.8) is 0 Å². The minimum absolute atomic E-state index is 0.222. The lowest BCUT2D eigenvalue weighted by Gasteiger charge is -2.08. The van der Waals surface area contributed by atoms with Crippen molar-refractivity contribution in [2.45, 2.75) is 0 Å². The number of methoxy groups -OCH3 is 2. The average Bonchev–Trinajstić information content (AvgIpc) is 3.14. The fourth-order valence-corrected chi connectivity index (χ4v) is 2.34. The third-order valence-electron chi connectivity index (χ3n) is 3.61. The highest BCUT2D eigenvalue weighted by Crippen LogP contribution is 2.33. The first kappa shape index (κ1) is 17.2. The molecule has 7 heteroatoms. The van der Waals surface area contributed by atoms with Crippen LogP contribution in [0, 0.1) is 0 Å². The molecule has 132 valence electrons. The predicted octanol–water partition coefficient (Wildman–Crippen LogP) is 3.41. The van der Waals surface area contributed by atoms with Crippen LogP contribution in [0.5, 0.6) is 11.5 Å². The van der Waals surface area contributed by atoms with Gasteiger partial charge in [0.05, 0.1) is 14.2 Å². The zero-order chi connectivity index (χ0) is 18.4. The highest BCUT2D eigenvalue weighted by molar-refractivity contribution is 6.03. The van der Waals surface area contributed by atoms with Crippen molar-refractivity contribution < 1.29 is 18.9 Å². The van der Waals surface area contributed by atoms with Gasteiger partial charge in [0.25, 0.3) is 0 Å². The summed E-state index contributed by atoms with van der Waals surface area (Å²) in [6.07, 6.45) is 3.13. The summed E-state index contributed by atoms with van der Waals surface area (Å²) in [6.45, 7) is 0. The molecule has 0 spiro atoms. The van der Waals surface area contributed by atoms with Crippen LogP contribution in [-0.2, 0) is 4.79 Å². The second-order valence-corrected chi connectivity index (χ2v) is 5.26. The molecular formula is C19H17N3O4. The first-order valence-corrected chi connectivity index (χ1v) is 7.80. The molecule has 3 rings (SSSR count). The van der Waals surface area contributed by atoms with E-state index in [1.807, 2.05) is 30.3 Å². The number of rotatable bonds is 6. The molecule has 0 saturated carbocycles. The summed E-state index contributed by atoms with van der Waals surface area (Å²) >= 11 is 0. The Bertz CT molecular complexity index is 920. The lowest BCUT2D eigenvalue weighted by molar-refractivity contribution is -0.111. The summed E-state index contributed by atoms with van der Waals surface area (Å²) in [5.41, 5.74) is 1.99. The Labute approximate surface area is 150 Å². The Morgan fingerprint density at radius 3 is 2.54 bits per heavy atom. The van der Waals surface area contributed by atoms with Crippen LogP contribution in [-0.4, -0.2) is 30.4 Å². The van der Waals surface area contributed by atoms with E-state index >= 15 is 0 Å². The molecule has 7 nitrogen and oxygen atoms in total. The van der Waals surface area contributed by atoms with E-state index in [0.29, 0.717) is 22.8 Å².